The van der Waals surface area contributed by atoms with E-state index in [-0.39, 0.29) is 0 Å². The van der Waals surface area contributed by atoms with E-state index in [1.807, 2.05) is 20.2 Å². The number of anilines is 1. The maximum atomic E-state index is 4.29. The number of aryl methyl sites for hydroxylation is 1. The van der Waals surface area contributed by atoms with Crippen molar-refractivity contribution in [2.24, 2.45) is 0 Å². The van der Waals surface area contributed by atoms with Gasteiger partial charge < -0.3 is 10.2 Å². The van der Waals surface area contributed by atoms with Crippen molar-refractivity contribution in [3.63, 3.8) is 0 Å². The van der Waals surface area contributed by atoms with Crippen molar-refractivity contribution in [1.82, 2.24) is 10.3 Å². The van der Waals surface area contributed by atoms with Gasteiger partial charge in [0.1, 0.15) is 0 Å². The van der Waals surface area contributed by atoms with Crippen LogP contribution in [-0.2, 0) is 0 Å². The smallest absolute Gasteiger partial charge is 0.0550 e. The lowest BCUT2D eigenvalue weighted by Crippen LogP contribution is -2.20. The third-order valence-electron chi connectivity index (χ3n) is 2.51. The van der Waals surface area contributed by atoms with Gasteiger partial charge in [-0.1, -0.05) is 20.3 Å². The Labute approximate surface area is 113 Å². The Kier molecular flexibility index (Phi) is 10.4. The van der Waals surface area contributed by atoms with Gasteiger partial charge in [-0.05, 0) is 45.5 Å². The fourth-order valence-electron chi connectivity index (χ4n) is 1.47. The average molecular weight is 251 g/mol. The van der Waals surface area contributed by atoms with Gasteiger partial charge in [0.25, 0.3) is 0 Å². The summed E-state index contributed by atoms with van der Waals surface area (Å²) in [4.78, 5) is 6.54. The quantitative estimate of drug-likeness (QED) is 0.787. The highest BCUT2D eigenvalue weighted by atomic mass is 15.1. The number of unbranched alkanes of at least 4 members (excludes halogenated alkanes) is 1. The Hall–Kier alpha value is -1.09. The van der Waals surface area contributed by atoms with Crippen LogP contribution in [0.2, 0.25) is 0 Å². The fourth-order valence-corrected chi connectivity index (χ4v) is 1.47. The monoisotopic (exact) mass is 251 g/mol. The van der Waals surface area contributed by atoms with E-state index in [0.717, 1.165) is 18.8 Å². The van der Waals surface area contributed by atoms with Crippen LogP contribution in [0.25, 0.3) is 0 Å². The Balaban J connectivity index is 0.000000873. The first-order chi connectivity index (χ1) is 8.65. The van der Waals surface area contributed by atoms with Crippen LogP contribution in [0.4, 0.5) is 5.69 Å². The van der Waals surface area contributed by atoms with Crippen molar-refractivity contribution in [2.75, 3.05) is 32.1 Å². The highest BCUT2D eigenvalue weighted by molar-refractivity contribution is 5.43. The number of hydrogen-bond donors (Lipinski definition) is 1. The molecule has 0 saturated heterocycles. The van der Waals surface area contributed by atoms with Crippen molar-refractivity contribution in [3.8, 4) is 0 Å². The summed E-state index contributed by atoms with van der Waals surface area (Å²) < 4.78 is 0. The molecule has 3 heteroatoms. The molecule has 0 aliphatic carbocycles. The van der Waals surface area contributed by atoms with Crippen LogP contribution in [0.3, 0.4) is 0 Å². The zero-order valence-electron chi connectivity index (χ0n) is 12.7. The first kappa shape index (κ1) is 16.9. The second kappa shape index (κ2) is 11.0. The third kappa shape index (κ3) is 8.07. The van der Waals surface area contributed by atoms with Crippen molar-refractivity contribution in [1.29, 1.82) is 0 Å². The van der Waals surface area contributed by atoms with Crippen LogP contribution in [-0.4, -0.2) is 32.2 Å². The SMILES string of the molecule is CCC.CNCCCCN(C)c1ccc(C)nc1. The van der Waals surface area contributed by atoms with Crippen LogP contribution < -0.4 is 10.2 Å². The molecule has 0 aliphatic rings. The summed E-state index contributed by atoms with van der Waals surface area (Å²) in [6.07, 6.45) is 5.62. The number of hydrogen-bond acceptors (Lipinski definition) is 3. The molecule has 0 spiro atoms. The van der Waals surface area contributed by atoms with E-state index in [4.69, 9.17) is 0 Å². The predicted molar refractivity (Wildman–Crippen MR) is 81.4 cm³/mol. The van der Waals surface area contributed by atoms with Gasteiger partial charge >= 0.3 is 0 Å². The topological polar surface area (TPSA) is 28.2 Å². The predicted octanol–water partition coefficient (Wildman–Crippen LogP) is 3.24. The van der Waals surface area contributed by atoms with Crippen LogP contribution >= 0.6 is 0 Å². The fraction of sp³-hybridized carbons (Fsp3) is 0.667. The molecule has 1 rings (SSSR count). The molecule has 3 nitrogen and oxygen atoms in total. The molecule has 0 atom stereocenters. The number of nitrogens with zero attached hydrogens (tertiary/aromatic N) is 2. The highest BCUT2D eigenvalue weighted by Crippen LogP contribution is 2.11. The Bertz CT molecular complexity index is 282. The summed E-state index contributed by atoms with van der Waals surface area (Å²) in [5.41, 5.74) is 2.27. The normalized spacial score (nSPS) is 9.61. The van der Waals surface area contributed by atoms with E-state index < -0.39 is 0 Å². The van der Waals surface area contributed by atoms with Crippen LogP contribution in [0, 0.1) is 6.92 Å². The summed E-state index contributed by atoms with van der Waals surface area (Å²) in [5, 5.41) is 3.16. The highest BCUT2D eigenvalue weighted by Gasteiger charge is 1.99. The van der Waals surface area contributed by atoms with Gasteiger partial charge in [0.2, 0.25) is 0 Å². The summed E-state index contributed by atoms with van der Waals surface area (Å²) in [5.74, 6) is 0. The van der Waals surface area contributed by atoms with Gasteiger partial charge in [0, 0.05) is 19.3 Å². The number of rotatable bonds is 6. The van der Waals surface area contributed by atoms with Gasteiger partial charge in [-0.2, -0.15) is 0 Å². The molecule has 0 fully saturated rings. The Morgan fingerprint density at radius 1 is 1.22 bits per heavy atom. The van der Waals surface area contributed by atoms with Crippen molar-refractivity contribution in [3.05, 3.63) is 24.0 Å². The first-order valence-corrected chi connectivity index (χ1v) is 6.94. The lowest BCUT2D eigenvalue weighted by molar-refractivity contribution is 0.671. The summed E-state index contributed by atoms with van der Waals surface area (Å²) >= 11 is 0. The summed E-state index contributed by atoms with van der Waals surface area (Å²) in [6.45, 7) is 8.45. The molecule has 1 aromatic heterocycles. The molecule has 0 amide bonds. The zero-order valence-corrected chi connectivity index (χ0v) is 12.7. The molecule has 1 aromatic rings. The van der Waals surface area contributed by atoms with Gasteiger partial charge in [-0.3, -0.25) is 4.98 Å². The molecule has 1 N–H and O–H groups in total. The van der Waals surface area contributed by atoms with E-state index in [2.05, 4.69) is 48.2 Å². The largest absolute Gasteiger partial charge is 0.373 e. The summed E-state index contributed by atoms with van der Waals surface area (Å²) in [7, 11) is 4.11. The number of aromatic nitrogens is 1. The van der Waals surface area contributed by atoms with E-state index in [9.17, 15) is 0 Å². The van der Waals surface area contributed by atoms with Gasteiger partial charge in [0.15, 0.2) is 0 Å². The van der Waals surface area contributed by atoms with E-state index in [1.165, 1.54) is 24.9 Å². The maximum Gasteiger partial charge on any atom is 0.0550 e. The molecule has 0 saturated carbocycles. The maximum absolute atomic E-state index is 4.29. The lowest BCUT2D eigenvalue weighted by Gasteiger charge is -2.18. The molecule has 0 aromatic carbocycles. The molecule has 0 bridgehead atoms. The molecular formula is C15H29N3. The van der Waals surface area contributed by atoms with E-state index >= 15 is 0 Å². The lowest BCUT2D eigenvalue weighted by atomic mass is 10.2. The van der Waals surface area contributed by atoms with E-state index in [1.54, 1.807) is 0 Å². The molecular weight excluding hydrogens is 222 g/mol. The molecule has 0 unspecified atom stereocenters. The molecule has 1 heterocycles. The third-order valence-corrected chi connectivity index (χ3v) is 2.51. The second-order valence-corrected chi connectivity index (χ2v) is 4.60. The van der Waals surface area contributed by atoms with Crippen molar-refractivity contribution < 1.29 is 0 Å². The summed E-state index contributed by atoms with van der Waals surface area (Å²) in [6, 6.07) is 4.18. The molecule has 104 valence electrons. The zero-order chi connectivity index (χ0) is 13.8. The van der Waals surface area contributed by atoms with Gasteiger partial charge in [-0.15, -0.1) is 0 Å². The molecule has 0 aliphatic heterocycles. The van der Waals surface area contributed by atoms with Crippen LogP contribution in [0.1, 0.15) is 38.8 Å². The second-order valence-electron chi connectivity index (χ2n) is 4.60. The Morgan fingerprint density at radius 3 is 2.39 bits per heavy atom. The molecule has 18 heavy (non-hydrogen) atoms. The standard InChI is InChI=1S/C12H21N3.C3H8/c1-11-6-7-12(10-14-11)15(3)9-5-4-8-13-2;1-3-2/h6-7,10,13H,4-5,8-9H2,1-3H3;3H2,1-2H3. The number of pyridine rings is 1. The molecule has 0 radical (unpaired) electrons. The minimum Gasteiger partial charge on any atom is -0.373 e. The Morgan fingerprint density at radius 2 is 1.89 bits per heavy atom. The number of nitrogens with one attached hydrogen (secondary N) is 1. The van der Waals surface area contributed by atoms with Crippen molar-refractivity contribution >= 4 is 5.69 Å². The first-order valence-electron chi connectivity index (χ1n) is 6.94. The van der Waals surface area contributed by atoms with Crippen LogP contribution in [0.5, 0.6) is 0 Å². The average Bonchev–Trinajstić information content (AvgIpc) is 2.36. The van der Waals surface area contributed by atoms with Crippen LogP contribution in [0.15, 0.2) is 18.3 Å². The van der Waals surface area contributed by atoms with E-state index in [0.29, 0.717) is 0 Å². The van der Waals surface area contributed by atoms with Crippen molar-refractivity contribution in [2.45, 2.75) is 40.0 Å². The van der Waals surface area contributed by atoms with Gasteiger partial charge in [-0.25, -0.2) is 0 Å². The minimum atomic E-state index is 1.07. The minimum absolute atomic E-state index is 1.07. The van der Waals surface area contributed by atoms with Gasteiger partial charge in [0.05, 0.1) is 11.9 Å².